The lowest BCUT2D eigenvalue weighted by molar-refractivity contribution is 0.105. The number of aromatic nitrogens is 1. The molecule has 0 spiro atoms. The quantitative estimate of drug-likeness (QED) is 0.655. The Morgan fingerprint density at radius 2 is 1.67 bits per heavy atom. The maximum atomic E-state index is 13.3. The summed E-state index contributed by atoms with van der Waals surface area (Å²) in [6, 6.07) is 0.390. The van der Waals surface area contributed by atoms with E-state index in [0.29, 0.717) is 5.13 Å². The largest absolute Gasteiger partial charge is 0.324 e. The zero-order valence-corrected chi connectivity index (χ0v) is 20.2. The summed E-state index contributed by atoms with van der Waals surface area (Å²) >= 11 is 1.000. The summed E-state index contributed by atoms with van der Waals surface area (Å²) in [7, 11) is -3.66. The van der Waals surface area contributed by atoms with Gasteiger partial charge in [0.1, 0.15) is 0 Å². The molecule has 9 heteroatoms. The summed E-state index contributed by atoms with van der Waals surface area (Å²) in [5.41, 5.74) is -0.581. The average molecular weight is 457 g/mol. The SMILES string of the molecule is CC(C)(C)NS(=O)(=O)c1cnc(NC(=O)N(C2CCCCC2)[C@H]2CC[C@H](C)CC2)s1. The molecule has 2 amide bonds. The van der Waals surface area contributed by atoms with Crippen LogP contribution in [0.25, 0.3) is 0 Å². The second kappa shape index (κ2) is 9.53. The van der Waals surface area contributed by atoms with Crippen LogP contribution in [0, 0.1) is 5.92 Å². The number of nitrogens with one attached hydrogen (secondary N) is 2. The zero-order chi connectivity index (χ0) is 21.9. The molecule has 7 nitrogen and oxygen atoms in total. The normalized spacial score (nSPS) is 23.9. The molecule has 30 heavy (non-hydrogen) atoms. The van der Waals surface area contributed by atoms with Crippen molar-refractivity contribution in [2.24, 2.45) is 5.92 Å². The number of hydrogen-bond donors (Lipinski definition) is 2. The fraction of sp³-hybridized carbons (Fsp3) is 0.810. The highest BCUT2D eigenvalue weighted by molar-refractivity contribution is 7.91. The third kappa shape index (κ3) is 6.17. The molecular formula is C21H36N4O3S2. The topological polar surface area (TPSA) is 91.4 Å². The number of amides is 2. The minimum absolute atomic E-state index is 0.114. The van der Waals surface area contributed by atoms with Crippen molar-refractivity contribution in [1.82, 2.24) is 14.6 Å². The van der Waals surface area contributed by atoms with Crippen LogP contribution < -0.4 is 10.0 Å². The number of hydrogen-bond acceptors (Lipinski definition) is 5. The number of nitrogens with zero attached hydrogens (tertiary/aromatic N) is 2. The van der Waals surface area contributed by atoms with Gasteiger partial charge in [-0.05, 0) is 65.2 Å². The number of carbonyl (C=O) groups excluding carboxylic acids is 1. The van der Waals surface area contributed by atoms with Gasteiger partial charge < -0.3 is 4.90 Å². The van der Waals surface area contributed by atoms with Crippen LogP contribution in [0.15, 0.2) is 10.4 Å². The van der Waals surface area contributed by atoms with E-state index in [4.69, 9.17) is 0 Å². The predicted molar refractivity (Wildman–Crippen MR) is 121 cm³/mol. The van der Waals surface area contributed by atoms with E-state index in [1.54, 1.807) is 20.8 Å². The molecule has 0 aliphatic heterocycles. The standard InChI is InChI=1S/C21H36N4O3S2/c1-15-10-12-17(13-11-15)25(16-8-6-5-7-9-16)20(26)23-19-22-14-18(29-19)30(27,28)24-21(2,3)4/h14-17,24H,5-13H2,1-4H3,(H,22,23,26)/t15-,17-. The average Bonchev–Trinajstić information content (AvgIpc) is 3.12. The smallest absolute Gasteiger partial charge is 0.319 e. The van der Waals surface area contributed by atoms with Gasteiger partial charge in [-0.2, -0.15) is 0 Å². The lowest BCUT2D eigenvalue weighted by atomic mass is 9.84. The summed E-state index contributed by atoms with van der Waals surface area (Å²) in [4.78, 5) is 19.5. The van der Waals surface area contributed by atoms with Gasteiger partial charge in [0.25, 0.3) is 10.0 Å². The highest BCUT2D eigenvalue weighted by Crippen LogP contribution is 2.33. The summed E-state index contributed by atoms with van der Waals surface area (Å²) in [5, 5.41) is 3.24. The van der Waals surface area contributed by atoms with E-state index in [-0.39, 0.29) is 22.3 Å². The molecule has 2 aliphatic rings. The molecule has 0 saturated heterocycles. The van der Waals surface area contributed by atoms with Gasteiger partial charge in [0.2, 0.25) is 0 Å². The Kier molecular flexibility index (Phi) is 7.45. The van der Waals surface area contributed by atoms with Crippen molar-refractivity contribution >= 4 is 32.5 Å². The van der Waals surface area contributed by atoms with Crippen molar-refractivity contribution in [2.75, 3.05) is 5.32 Å². The van der Waals surface area contributed by atoms with Crippen LogP contribution in [0.5, 0.6) is 0 Å². The first-order valence-electron chi connectivity index (χ1n) is 11.1. The van der Waals surface area contributed by atoms with Crippen molar-refractivity contribution in [3.05, 3.63) is 6.20 Å². The van der Waals surface area contributed by atoms with Crippen molar-refractivity contribution in [3.8, 4) is 0 Å². The van der Waals surface area contributed by atoms with Gasteiger partial charge in [-0.1, -0.05) is 37.5 Å². The lowest BCUT2D eigenvalue weighted by Gasteiger charge is -2.42. The lowest BCUT2D eigenvalue weighted by Crippen LogP contribution is -2.51. The van der Waals surface area contributed by atoms with E-state index in [0.717, 1.165) is 68.6 Å². The van der Waals surface area contributed by atoms with Crippen LogP contribution in [-0.2, 0) is 10.0 Å². The van der Waals surface area contributed by atoms with Gasteiger partial charge in [-0.15, -0.1) is 0 Å². The molecule has 0 unspecified atom stereocenters. The molecule has 1 aromatic rings. The molecule has 3 rings (SSSR count). The Morgan fingerprint density at radius 3 is 2.27 bits per heavy atom. The number of sulfonamides is 1. The van der Waals surface area contributed by atoms with Crippen LogP contribution in [-0.4, -0.2) is 42.0 Å². The molecular weight excluding hydrogens is 420 g/mol. The van der Waals surface area contributed by atoms with Crippen LogP contribution >= 0.6 is 11.3 Å². The second-order valence-electron chi connectivity index (χ2n) is 9.88. The van der Waals surface area contributed by atoms with Gasteiger partial charge >= 0.3 is 6.03 Å². The highest BCUT2D eigenvalue weighted by atomic mass is 32.2. The van der Waals surface area contributed by atoms with Gasteiger partial charge in [0, 0.05) is 17.6 Å². The van der Waals surface area contributed by atoms with E-state index in [1.165, 1.54) is 12.6 Å². The van der Waals surface area contributed by atoms with E-state index in [9.17, 15) is 13.2 Å². The zero-order valence-electron chi connectivity index (χ0n) is 18.6. The summed E-state index contributed by atoms with van der Waals surface area (Å²) < 4.78 is 27.8. The molecule has 170 valence electrons. The molecule has 0 aromatic carbocycles. The molecule has 0 bridgehead atoms. The minimum Gasteiger partial charge on any atom is -0.319 e. The van der Waals surface area contributed by atoms with E-state index >= 15 is 0 Å². The monoisotopic (exact) mass is 456 g/mol. The maximum absolute atomic E-state index is 13.3. The van der Waals surface area contributed by atoms with Gasteiger partial charge in [-0.3, -0.25) is 5.32 Å². The van der Waals surface area contributed by atoms with E-state index in [2.05, 4.69) is 26.8 Å². The number of anilines is 1. The molecule has 1 heterocycles. The predicted octanol–water partition coefficient (Wildman–Crippen LogP) is 4.97. The minimum atomic E-state index is -3.66. The number of carbonyl (C=O) groups is 1. The fourth-order valence-electron chi connectivity index (χ4n) is 4.56. The number of thiazole rings is 1. The van der Waals surface area contributed by atoms with Crippen LogP contribution in [0.4, 0.5) is 9.93 Å². The Balaban J connectivity index is 1.73. The summed E-state index contributed by atoms with van der Waals surface area (Å²) in [6.07, 6.45) is 11.4. The Morgan fingerprint density at radius 1 is 1.07 bits per heavy atom. The van der Waals surface area contributed by atoms with Gasteiger partial charge in [0.05, 0.1) is 6.20 Å². The number of urea groups is 1. The van der Waals surface area contributed by atoms with Crippen molar-refractivity contribution in [1.29, 1.82) is 0 Å². The van der Waals surface area contributed by atoms with E-state index < -0.39 is 15.6 Å². The second-order valence-corrected chi connectivity index (χ2v) is 12.8. The molecule has 2 aliphatic carbocycles. The molecule has 0 radical (unpaired) electrons. The van der Waals surface area contributed by atoms with Crippen molar-refractivity contribution in [3.63, 3.8) is 0 Å². The van der Waals surface area contributed by atoms with Crippen LogP contribution in [0.1, 0.15) is 85.5 Å². The van der Waals surface area contributed by atoms with Gasteiger partial charge in [-0.25, -0.2) is 22.9 Å². The Bertz CT molecular complexity index is 818. The van der Waals surface area contributed by atoms with Crippen LogP contribution in [0.2, 0.25) is 0 Å². The Hall–Kier alpha value is -1.19. The fourth-order valence-corrected chi connectivity index (χ4v) is 7.00. The van der Waals surface area contributed by atoms with Crippen molar-refractivity contribution in [2.45, 2.75) is 107 Å². The molecule has 2 N–H and O–H groups in total. The molecule has 2 fully saturated rings. The first-order valence-corrected chi connectivity index (χ1v) is 13.4. The molecule has 2 saturated carbocycles. The Labute approximate surface area is 185 Å². The molecule has 0 atom stereocenters. The third-order valence-corrected chi connectivity index (χ3v) is 9.12. The highest BCUT2D eigenvalue weighted by Gasteiger charge is 2.34. The van der Waals surface area contributed by atoms with Crippen molar-refractivity contribution < 1.29 is 13.2 Å². The van der Waals surface area contributed by atoms with Gasteiger partial charge in [0.15, 0.2) is 9.34 Å². The molecule has 1 aromatic heterocycles. The maximum Gasteiger partial charge on any atom is 0.324 e. The summed E-state index contributed by atoms with van der Waals surface area (Å²) in [5.74, 6) is 0.722. The third-order valence-electron chi connectivity index (χ3n) is 5.99. The van der Waals surface area contributed by atoms with Crippen LogP contribution in [0.3, 0.4) is 0 Å². The first-order chi connectivity index (χ1) is 14.0. The first kappa shape index (κ1) is 23.5. The number of rotatable bonds is 5. The summed E-state index contributed by atoms with van der Waals surface area (Å²) in [6.45, 7) is 7.66. The van der Waals surface area contributed by atoms with E-state index in [1.807, 2.05) is 0 Å².